The van der Waals surface area contributed by atoms with E-state index in [4.69, 9.17) is 9.47 Å². The Labute approximate surface area is 197 Å². The van der Waals surface area contributed by atoms with Crippen molar-refractivity contribution >= 4 is 5.97 Å². The van der Waals surface area contributed by atoms with E-state index in [9.17, 15) is 9.90 Å². The molecule has 0 aromatic heterocycles. The van der Waals surface area contributed by atoms with Crippen molar-refractivity contribution in [1.29, 1.82) is 0 Å². The molecule has 1 rings (SSSR count). The van der Waals surface area contributed by atoms with Crippen LogP contribution in [0.4, 0.5) is 0 Å². The minimum atomic E-state index is -0.774. The van der Waals surface area contributed by atoms with E-state index in [1.165, 1.54) is 83.5 Å². The topological polar surface area (TPSA) is 55.8 Å². The molecule has 0 aliphatic rings. The van der Waals surface area contributed by atoms with Crippen molar-refractivity contribution in [1.82, 2.24) is 0 Å². The Morgan fingerprint density at radius 1 is 0.750 bits per heavy atom. The van der Waals surface area contributed by atoms with Crippen LogP contribution in [-0.4, -0.2) is 30.4 Å². The summed E-state index contributed by atoms with van der Waals surface area (Å²) in [6, 6.07) is 9.81. The van der Waals surface area contributed by atoms with Gasteiger partial charge in [-0.1, -0.05) is 127 Å². The average molecular weight is 449 g/mol. The summed E-state index contributed by atoms with van der Waals surface area (Å²) in [5, 5.41) is 9.88. The number of hydrogen-bond donors (Lipinski definition) is 1. The Kier molecular flexibility index (Phi) is 19.2. The standard InChI is InChI=1S/C28H48O4/c1-2-3-4-5-6-7-8-9-10-11-12-13-14-15-19-22-28(30)32-25-27(29)24-31-23-26-20-17-16-18-21-26/h16-18,20-21,27,29H,2-15,19,22-25H2,1H3/t27-/m0/s1. The lowest BCUT2D eigenvalue weighted by atomic mass is 10.0. The molecule has 1 N–H and O–H groups in total. The first-order valence-corrected chi connectivity index (χ1v) is 13.2. The average Bonchev–Trinajstić information content (AvgIpc) is 2.81. The highest BCUT2D eigenvalue weighted by atomic mass is 16.5. The van der Waals surface area contributed by atoms with Crippen LogP contribution < -0.4 is 0 Å². The molecule has 0 heterocycles. The molecule has 0 fully saturated rings. The molecular formula is C28H48O4. The van der Waals surface area contributed by atoms with E-state index in [-0.39, 0.29) is 19.2 Å². The maximum atomic E-state index is 11.8. The third-order valence-electron chi connectivity index (χ3n) is 5.84. The molecule has 0 saturated carbocycles. The van der Waals surface area contributed by atoms with Crippen molar-refractivity contribution < 1.29 is 19.4 Å². The lowest BCUT2D eigenvalue weighted by molar-refractivity contribution is -0.148. The number of esters is 1. The summed E-state index contributed by atoms with van der Waals surface area (Å²) >= 11 is 0. The van der Waals surface area contributed by atoms with E-state index in [0.29, 0.717) is 13.0 Å². The fourth-order valence-corrected chi connectivity index (χ4v) is 3.84. The normalized spacial score (nSPS) is 12.1. The highest BCUT2D eigenvalue weighted by molar-refractivity contribution is 5.69. The molecule has 0 bridgehead atoms. The van der Waals surface area contributed by atoms with Crippen LogP contribution >= 0.6 is 0 Å². The minimum absolute atomic E-state index is 0.00631. The zero-order chi connectivity index (χ0) is 23.1. The Balaban J connectivity index is 1.80. The molecular weight excluding hydrogens is 400 g/mol. The summed E-state index contributed by atoms with van der Waals surface area (Å²) in [6.45, 7) is 2.89. The van der Waals surface area contributed by atoms with E-state index < -0.39 is 6.10 Å². The van der Waals surface area contributed by atoms with E-state index in [0.717, 1.165) is 18.4 Å². The number of rotatable bonds is 22. The van der Waals surface area contributed by atoms with Gasteiger partial charge in [0.25, 0.3) is 0 Å². The first-order valence-electron chi connectivity index (χ1n) is 13.2. The quantitative estimate of drug-likeness (QED) is 0.149. The molecule has 1 aromatic carbocycles. The minimum Gasteiger partial charge on any atom is -0.463 e. The number of benzene rings is 1. The maximum absolute atomic E-state index is 11.8. The van der Waals surface area contributed by atoms with Gasteiger partial charge in [0.15, 0.2) is 0 Å². The number of aliphatic hydroxyl groups is 1. The fraction of sp³-hybridized carbons (Fsp3) is 0.750. The number of aliphatic hydroxyl groups excluding tert-OH is 1. The molecule has 184 valence electrons. The van der Waals surface area contributed by atoms with Crippen molar-refractivity contribution in [3.63, 3.8) is 0 Å². The summed E-state index contributed by atoms with van der Waals surface area (Å²) < 4.78 is 10.6. The van der Waals surface area contributed by atoms with Gasteiger partial charge in [0.05, 0.1) is 13.2 Å². The molecule has 1 aromatic rings. The molecule has 0 amide bonds. The lowest BCUT2D eigenvalue weighted by Gasteiger charge is -2.12. The van der Waals surface area contributed by atoms with Crippen molar-refractivity contribution in [2.45, 2.75) is 122 Å². The SMILES string of the molecule is CCCCCCCCCCCCCCCCCC(=O)OC[C@@H](O)COCc1ccccc1. The zero-order valence-electron chi connectivity index (χ0n) is 20.6. The fourth-order valence-electron chi connectivity index (χ4n) is 3.84. The Morgan fingerprint density at radius 2 is 1.25 bits per heavy atom. The van der Waals surface area contributed by atoms with Crippen LogP contribution in [0.2, 0.25) is 0 Å². The number of carbonyl (C=O) groups is 1. The maximum Gasteiger partial charge on any atom is 0.305 e. The molecule has 0 aliphatic carbocycles. The predicted octanol–water partition coefficient (Wildman–Crippen LogP) is 7.37. The van der Waals surface area contributed by atoms with E-state index in [1.54, 1.807) is 0 Å². The second-order valence-corrected chi connectivity index (χ2v) is 9.04. The summed E-state index contributed by atoms with van der Waals surface area (Å²) in [4.78, 5) is 11.8. The van der Waals surface area contributed by atoms with Gasteiger partial charge < -0.3 is 14.6 Å². The first-order chi connectivity index (χ1) is 15.7. The van der Waals surface area contributed by atoms with Crippen molar-refractivity contribution in [3.05, 3.63) is 35.9 Å². The number of hydrogen-bond acceptors (Lipinski definition) is 4. The summed E-state index contributed by atoms with van der Waals surface area (Å²) in [5.74, 6) is -0.221. The number of unbranched alkanes of at least 4 members (excludes halogenated alkanes) is 14. The van der Waals surface area contributed by atoms with Gasteiger partial charge in [-0.05, 0) is 12.0 Å². The molecule has 0 spiro atoms. The van der Waals surface area contributed by atoms with Gasteiger partial charge in [0, 0.05) is 6.42 Å². The third kappa shape index (κ3) is 18.2. The van der Waals surface area contributed by atoms with Crippen LogP contribution in [0.15, 0.2) is 30.3 Å². The largest absolute Gasteiger partial charge is 0.463 e. The second kappa shape index (κ2) is 21.5. The molecule has 1 atom stereocenters. The van der Waals surface area contributed by atoms with Crippen LogP contribution in [0.25, 0.3) is 0 Å². The lowest BCUT2D eigenvalue weighted by Crippen LogP contribution is -2.23. The van der Waals surface area contributed by atoms with Gasteiger partial charge in [-0.25, -0.2) is 0 Å². The highest BCUT2D eigenvalue weighted by Gasteiger charge is 2.09. The molecule has 0 unspecified atom stereocenters. The second-order valence-electron chi connectivity index (χ2n) is 9.04. The van der Waals surface area contributed by atoms with E-state index in [1.807, 2.05) is 30.3 Å². The molecule has 0 aliphatic heterocycles. The number of ether oxygens (including phenoxy) is 2. The van der Waals surface area contributed by atoms with Gasteiger partial charge in [-0.15, -0.1) is 0 Å². The molecule has 0 radical (unpaired) electrons. The van der Waals surface area contributed by atoms with Crippen LogP contribution in [0.3, 0.4) is 0 Å². The molecule has 0 saturated heterocycles. The van der Waals surface area contributed by atoms with Gasteiger partial charge in [0.1, 0.15) is 12.7 Å². The van der Waals surface area contributed by atoms with Gasteiger partial charge in [-0.2, -0.15) is 0 Å². The summed E-state index contributed by atoms with van der Waals surface area (Å²) in [6.07, 6.45) is 19.3. The molecule has 4 nitrogen and oxygen atoms in total. The Bertz CT molecular complexity index is 531. The third-order valence-corrected chi connectivity index (χ3v) is 5.84. The van der Waals surface area contributed by atoms with Gasteiger partial charge in [0.2, 0.25) is 0 Å². The molecule has 4 heteroatoms. The Morgan fingerprint density at radius 3 is 1.78 bits per heavy atom. The van der Waals surface area contributed by atoms with Gasteiger partial charge >= 0.3 is 5.97 Å². The van der Waals surface area contributed by atoms with Crippen LogP contribution in [0.5, 0.6) is 0 Å². The van der Waals surface area contributed by atoms with E-state index in [2.05, 4.69) is 6.92 Å². The van der Waals surface area contributed by atoms with Crippen molar-refractivity contribution in [2.24, 2.45) is 0 Å². The zero-order valence-corrected chi connectivity index (χ0v) is 20.6. The number of carbonyl (C=O) groups excluding carboxylic acids is 1. The monoisotopic (exact) mass is 448 g/mol. The van der Waals surface area contributed by atoms with Crippen LogP contribution in [-0.2, 0) is 20.9 Å². The highest BCUT2D eigenvalue weighted by Crippen LogP contribution is 2.14. The smallest absolute Gasteiger partial charge is 0.305 e. The van der Waals surface area contributed by atoms with Crippen molar-refractivity contribution in [2.75, 3.05) is 13.2 Å². The van der Waals surface area contributed by atoms with E-state index >= 15 is 0 Å². The van der Waals surface area contributed by atoms with Crippen LogP contribution in [0, 0.1) is 0 Å². The molecule has 32 heavy (non-hydrogen) atoms. The van der Waals surface area contributed by atoms with Crippen LogP contribution in [0.1, 0.15) is 115 Å². The Hall–Kier alpha value is -1.39. The van der Waals surface area contributed by atoms with Crippen molar-refractivity contribution in [3.8, 4) is 0 Å². The summed E-state index contributed by atoms with van der Waals surface area (Å²) in [7, 11) is 0. The first kappa shape index (κ1) is 28.6. The predicted molar refractivity (Wildman–Crippen MR) is 133 cm³/mol. The summed E-state index contributed by atoms with van der Waals surface area (Å²) in [5.41, 5.74) is 1.06. The van der Waals surface area contributed by atoms with Gasteiger partial charge in [-0.3, -0.25) is 4.79 Å².